The molecule has 0 radical (unpaired) electrons. The third-order valence-corrected chi connectivity index (χ3v) is 4.42. The molecule has 4 rings (SSSR count). The fraction of sp³-hybridized carbons (Fsp3) is 0.0833. The van der Waals surface area contributed by atoms with E-state index in [4.69, 9.17) is 9.47 Å². The van der Waals surface area contributed by atoms with Crippen molar-refractivity contribution in [2.75, 3.05) is 0 Å². The van der Waals surface area contributed by atoms with Crippen LogP contribution in [0.1, 0.15) is 11.1 Å². The van der Waals surface area contributed by atoms with E-state index in [0.29, 0.717) is 30.1 Å². The Morgan fingerprint density at radius 3 is 1.63 bits per heavy atom. The van der Waals surface area contributed by atoms with Crippen LogP contribution in [0.25, 0.3) is 10.8 Å². The van der Waals surface area contributed by atoms with Crippen LogP contribution < -0.4 is 9.47 Å². The van der Waals surface area contributed by atoms with Crippen LogP contribution in [0, 0.1) is 0 Å². The van der Waals surface area contributed by atoms with Gasteiger partial charge in [0.05, 0.1) is 0 Å². The van der Waals surface area contributed by atoms with Gasteiger partial charge >= 0.3 is 0 Å². The van der Waals surface area contributed by atoms with Crippen molar-refractivity contribution < 1.29 is 14.6 Å². The number of rotatable bonds is 6. The molecule has 0 saturated carbocycles. The van der Waals surface area contributed by atoms with Gasteiger partial charge < -0.3 is 14.6 Å². The molecular formula is C24H20O3. The van der Waals surface area contributed by atoms with Gasteiger partial charge in [-0.2, -0.15) is 0 Å². The lowest BCUT2D eigenvalue weighted by Gasteiger charge is -2.15. The molecule has 0 fully saturated rings. The Bertz CT molecular complexity index is 1030. The van der Waals surface area contributed by atoms with Crippen LogP contribution in [0.2, 0.25) is 0 Å². The summed E-state index contributed by atoms with van der Waals surface area (Å²) in [5.41, 5.74) is 2.12. The molecule has 0 heterocycles. The van der Waals surface area contributed by atoms with E-state index < -0.39 is 0 Å². The summed E-state index contributed by atoms with van der Waals surface area (Å²) in [5.74, 6) is 1.24. The highest BCUT2D eigenvalue weighted by Gasteiger charge is 2.13. The summed E-state index contributed by atoms with van der Waals surface area (Å²) in [6.45, 7) is 0.832. The third kappa shape index (κ3) is 3.87. The average Bonchev–Trinajstić information content (AvgIpc) is 2.74. The summed E-state index contributed by atoms with van der Waals surface area (Å²) in [4.78, 5) is 0. The van der Waals surface area contributed by atoms with Gasteiger partial charge in [0.25, 0.3) is 0 Å². The van der Waals surface area contributed by atoms with Gasteiger partial charge in [-0.15, -0.1) is 0 Å². The first kappa shape index (κ1) is 17.0. The first-order valence-corrected chi connectivity index (χ1v) is 8.89. The van der Waals surface area contributed by atoms with Gasteiger partial charge in [-0.25, -0.2) is 0 Å². The van der Waals surface area contributed by atoms with E-state index in [2.05, 4.69) is 0 Å². The van der Waals surface area contributed by atoms with E-state index in [1.54, 1.807) is 6.07 Å². The Morgan fingerprint density at radius 2 is 1.04 bits per heavy atom. The number of hydrogen-bond donors (Lipinski definition) is 1. The van der Waals surface area contributed by atoms with Gasteiger partial charge in [-0.1, -0.05) is 84.9 Å². The van der Waals surface area contributed by atoms with Crippen LogP contribution in [0.3, 0.4) is 0 Å². The second kappa shape index (κ2) is 7.83. The van der Waals surface area contributed by atoms with Crippen molar-refractivity contribution in [1.29, 1.82) is 0 Å². The molecule has 0 saturated heterocycles. The van der Waals surface area contributed by atoms with Crippen molar-refractivity contribution in [3.63, 3.8) is 0 Å². The van der Waals surface area contributed by atoms with Crippen LogP contribution >= 0.6 is 0 Å². The predicted octanol–water partition coefficient (Wildman–Crippen LogP) is 5.70. The second-order valence-corrected chi connectivity index (χ2v) is 6.32. The molecule has 0 aliphatic carbocycles. The quantitative estimate of drug-likeness (QED) is 0.481. The second-order valence-electron chi connectivity index (χ2n) is 6.32. The lowest BCUT2D eigenvalue weighted by atomic mass is 10.1. The van der Waals surface area contributed by atoms with Gasteiger partial charge in [0.15, 0.2) is 11.5 Å². The Labute approximate surface area is 158 Å². The Kier molecular flexibility index (Phi) is 4.93. The minimum atomic E-state index is 0.133. The molecule has 4 aromatic carbocycles. The molecule has 1 N–H and O–H groups in total. The summed E-state index contributed by atoms with van der Waals surface area (Å²) < 4.78 is 12.0. The van der Waals surface area contributed by atoms with Crippen molar-refractivity contribution in [2.45, 2.75) is 13.2 Å². The first-order chi connectivity index (χ1) is 13.3. The van der Waals surface area contributed by atoms with E-state index in [1.165, 1.54) is 0 Å². The molecule has 4 aromatic rings. The van der Waals surface area contributed by atoms with Crippen LogP contribution in [0.4, 0.5) is 0 Å². The van der Waals surface area contributed by atoms with E-state index in [9.17, 15) is 5.11 Å². The summed E-state index contributed by atoms with van der Waals surface area (Å²) in [6, 6.07) is 29.3. The van der Waals surface area contributed by atoms with Crippen molar-refractivity contribution in [3.8, 4) is 17.2 Å². The van der Waals surface area contributed by atoms with E-state index in [0.717, 1.165) is 16.5 Å². The predicted molar refractivity (Wildman–Crippen MR) is 107 cm³/mol. The topological polar surface area (TPSA) is 38.7 Å². The first-order valence-electron chi connectivity index (χ1n) is 8.89. The molecule has 0 spiro atoms. The summed E-state index contributed by atoms with van der Waals surface area (Å²) in [7, 11) is 0. The molecule has 3 nitrogen and oxygen atoms in total. The molecule has 27 heavy (non-hydrogen) atoms. The molecule has 0 unspecified atom stereocenters. The van der Waals surface area contributed by atoms with Gasteiger partial charge in [0.2, 0.25) is 0 Å². The fourth-order valence-corrected chi connectivity index (χ4v) is 3.00. The van der Waals surface area contributed by atoms with Crippen molar-refractivity contribution in [3.05, 3.63) is 102 Å². The molecule has 0 aromatic heterocycles. The fourth-order valence-electron chi connectivity index (χ4n) is 3.00. The summed E-state index contributed by atoms with van der Waals surface area (Å²) >= 11 is 0. The Morgan fingerprint density at radius 1 is 0.556 bits per heavy atom. The number of hydrogen-bond acceptors (Lipinski definition) is 3. The highest BCUT2D eigenvalue weighted by molar-refractivity contribution is 5.95. The van der Waals surface area contributed by atoms with Crippen molar-refractivity contribution >= 4 is 10.8 Å². The smallest absolute Gasteiger partial charge is 0.165 e. The minimum Gasteiger partial charge on any atom is -0.504 e. The summed E-state index contributed by atoms with van der Waals surface area (Å²) in [6.07, 6.45) is 0. The molecule has 0 aliphatic heterocycles. The average molecular weight is 356 g/mol. The van der Waals surface area contributed by atoms with E-state index in [-0.39, 0.29) is 5.75 Å². The number of fused-ring (bicyclic) bond motifs is 1. The lowest BCUT2D eigenvalue weighted by molar-refractivity contribution is 0.281. The highest BCUT2D eigenvalue weighted by atomic mass is 16.5. The number of benzene rings is 4. The van der Waals surface area contributed by atoms with Gasteiger partial charge in [-0.05, 0) is 11.1 Å². The standard InChI is InChI=1S/C24H20O3/c25-24-21-14-8-7-13-20(21)22(26-16-18-9-3-1-4-10-18)15-23(24)27-17-19-11-5-2-6-12-19/h1-15,25H,16-17H2. The third-order valence-electron chi connectivity index (χ3n) is 4.42. The number of phenols is 1. The lowest BCUT2D eigenvalue weighted by Crippen LogP contribution is -1.99. The Balaban J connectivity index is 1.64. The monoisotopic (exact) mass is 356 g/mol. The highest BCUT2D eigenvalue weighted by Crippen LogP contribution is 2.41. The van der Waals surface area contributed by atoms with Gasteiger partial charge in [0, 0.05) is 16.8 Å². The maximum Gasteiger partial charge on any atom is 0.165 e. The maximum absolute atomic E-state index is 10.7. The largest absolute Gasteiger partial charge is 0.504 e. The summed E-state index contributed by atoms with van der Waals surface area (Å²) in [5, 5.41) is 12.2. The minimum absolute atomic E-state index is 0.133. The molecule has 3 heteroatoms. The molecular weight excluding hydrogens is 336 g/mol. The van der Waals surface area contributed by atoms with Crippen LogP contribution in [-0.2, 0) is 13.2 Å². The van der Waals surface area contributed by atoms with Crippen LogP contribution in [0.15, 0.2) is 91.0 Å². The van der Waals surface area contributed by atoms with Gasteiger partial charge in [-0.3, -0.25) is 0 Å². The van der Waals surface area contributed by atoms with E-state index >= 15 is 0 Å². The molecule has 134 valence electrons. The zero-order chi connectivity index (χ0) is 18.5. The maximum atomic E-state index is 10.7. The van der Waals surface area contributed by atoms with Crippen LogP contribution in [-0.4, -0.2) is 5.11 Å². The molecule has 0 amide bonds. The van der Waals surface area contributed by atoms with Crippen molar-refractivity contribution in [1.82, 2.24) is 0 Å². The zero-order valence-electron chi connectivity index (χ0n) is 14.8. The van der Waals surface area contributed by atoms with Gasteiger partial charge in [0.1, 0.15) is 19.0 Å². The number of ether oxygens (including phenoxy) is 2. The SMILES string of the molecule is Oc1c(OCc2ccccc2)cc(OCc2ccccc2)c2ccccc12. The molecule has 0 atom stereocenters. The number of phenolic OH excluding ortho intramolecular Hbond substituents is 1. The van der Waals surface area contributed by atoms with E-state index in [1.807, 2.05) is 84.9 Å². The van der Waals surface area contributed by atoms with Crippen LogP contribution in [0.5, 0.6) is 17.2 Å². The number of aromatic hydroxyl groups is 1. The Hall–Kier alpha value is -3.46. The molecule has 0 aliphatic rings. The molecule has 0 bridgehead atoms. The van der Waals surface area contributed by atoms with Crippen molar-refractivity contribution in [2.24, 2.45) is 0 Å². The zero-order valence-corrected chi connectivity index (χ0v) is 14.8. The normalized spacial score (nSPS) is 10.7.